The second-order valence-corrected chi connectivity index (χ2v) is 4.97. The lowest BCUT2D eigenvalue weighted by Crippen LogP contribution is -2.08. The highest BCUT2D eigenvalue weighted by atomic mass is 15.4. The molecule has 0 aliphatic heterocycles. The Bertz CT molecular complexity index is 540. The number of aromatic nitrogens is 3. The van der Waals surface area contributed by atoms with E-state index in [2.05, 4.69) is 42.4 Å². The van der Waals surface area contributed by atoms with Crippen LogP contribution in [0.3, 0.4) is 0 Å². The zero-order chi connectivity index (χ0) is 13.3. The molecule has 0 spiro atoms. The number of rotatable bonds is 3. The molecule has 0 bridgehead atoms. The number of benzene rings is 1. The van der Waals surface area contributed by atoms with Crippen molar-refractivity contribution in [3.05, 3.63) is 41.2 Å². The van der Waals surface area contributed by atoms with Gasteiger partial charge in [0.15, 0.2) is 0 Å². The van der Waals surface area contributed by atoms with Crippen molar-refractivity contribution in [2.24, 2.45) is 5.73 Å². The molecule has 0 saturated heterocycles. The van der Waals surface area contributed by atoms with Gasteiger partial charge in [-0.15, -0.1) is 5.10 Å². The molecular formula is C14H20N4. The lowest BCUT2D eigenvalue weighted by Gasteiger charge is -2.13. The fourth-order valence-electron chi connectivity index (χ4n) is 2.16. The van der Waals surface area contributed by atoms with Crippen LogP contribution in [0.4, 0.5) is 0 Å². The first-order valence-corrected chi connectivity index (χ1v) is 6.29. The van der Waals surface area contributed by atoms with Crippen molar-refractivity contribution in [1.82, 2.24) is 15.0 Å². The molecule has 0 radical (unpaired) electrons. The summed E-state index contributed by atoms with van der Waals surface area (Å²) in [7, 11) is 0. The number of nitrogens with zero attached hydrogens (tertiary/aromatic N) is 3. The van der Waals surface area contributed by atoms with Crippen molar-refractivity contribution >= 4 is 0 Å². The largest absolute Gasteiger partial charge is 0.323 e. The summed E-state index contributed by atoms with van der Waals surface area (Å²) in [4.78, 5) is 0. The Hall–Kier alpha value is -1.68. The monoisotopic (exact) mass is 244 g/mol. The molecule has 4 heteroatoms. The van der Waals surface area contributed by atoms with E-state index in [1.165, 1.54) is 5.56 Å². The van der Waals surface area contributed by atoms with Crippen LogP contribution in [0.25, 0.3) is 5.69 Å². The van der Waals surface area contributed by atoms with E-state index < -0.39 is 0 Å². The van der Waals surface area contributed by atoms with Crippen LogP contribution < -0.4 is 5.73 Å². The van der Waals surface area contributed by atoms with Gasteiger partial charge in [-0.25, -0.2) is 4.68 Å². The smallest absolute Gasteiger partial charge is 0.102 e. The van der Waals surface area contributed by atoms with Crippen LogP contribution in [0.1, 0.15) is 49.7 Å². The second-order valence-electron chi connectivity index (χ2n) is 4.97. The van der Waals surface area contributed by atoms with Crippen molar-refractivity contribution in [2.75, 3.05) is 0 Å². The molecule has 18 heavy (non-hydrogen) atoms. The first-order valence-electron chi connectivity index (χ1n) is 6.29. The van der Waals surface area contributed by atoms with E-state index in [1.807, 2.05) is 24.6 Å². The van der Waals surface area contributed by atoms with E-state index in [1.54, 1.807) is 0 Å². The summed E-state index contributed by atoms with van der Waals surface area (Å²) < 4.78 is 1.88. The van der Waals surface area contributed by atoms with E-state index in [0.29, 0.717) is 5.92 Å². The van der Waals surface area contributed by atoms with Crippen LogP contribution in [0.15, 0.2) is 24.3 Å². The third kappa shape index (κ3) is 2.16. The van der Waals surface area contributed by atoms with Gasteiger partial charge in [0.1, 0.15) is 5.69 Å². The van der Waals surface area contributed by atoms with E-state index in [-0.39, 0.29) is 6.04 Å². The molecule has 1 heterocycles. The van der Waals surface area contributed by atoms with Crippen molar-refractivity contribution < 1.29 is 0 Å². The minimum atomic E-state index is -0.0926. The number of hydrogen-bond donors (Lipinski definition) is 1. The van der Waals surface area contributed by atoms with Crippen LogP contribution in [0.2, 0.25) is 0 Å². The van der Waals surface area contributed by atoms with Gasteiger partial charge in [-0.1, -0.05) is 37.3 Å². The molecule has 0 saturated carbocycles. The maximum absolute atomic E-state index is 5.89. The van der Waals surface area contributed by atoms with Gasteiger partial charge in [-0.2, -0.15) is 0 Å². The molecule has 1 aromatic carbocycles. The van der Waals surface area contributed by atoms with Crippen LogP contribution in [-0.4, -0.2) is 15.0 Å². The molecule has 96 valence electrons. The highest BCUT2D eigenvalue weighted by Crippen LogP contribution is 2.24. The predicted octanol–water partition coefficient (Wildman–Crippen LogP) is 2.72. The molecule has 2 N–H and O–H groups in total. The summed E-state index contributed by atoms with van der Waals surface area (Å²) in [6.07, 6.45) is 0. The standard InChI is InChI=1S/C14H20N4/c1-9(2)12-7-5-6-8-13(12)18-11(4)14(10(3)15)16-17-18/h5-10H,15H2,1-4H3. The molecule has 2 aromatic rings. The highest BCUT2D eigenvalue weighted by molar-refractivity contribution is 5.43. The summed E-state index contributed by atoms with van der Waals surface area (Å²) in [5.41, 5.74) is 10.1. The molecule has 0 aliphatic rings. The molecule has 1 atom stereocenters. The second kappa shape index (κ2) is 4.90. The zero-order valence-corrected chi connectivity index (χ0v) is 11.4. The van der Waals surface area contributed by atoms with E-state index in [4.69, 9.17) is 5.73 Å². The Kier molecular flexibility index (Phi) is 3.48. The molecule has 0 aliphatic carbocycles. The Labute approximate surface area is 108 Å². The predicted molar refractivity (Wildman–Crippen MR) is 72.8 cm³/mol. The van der Waals surface area contributed by atoms with Gasteiger partial charge in [0.05, 0.1) is 11.4 Å². The molecule has 0 amide bonds. The molecule has 0 fully saturated rings. The Morgan fingerprint density at radius 3 is 2.39 bits per heavy atom. The van der Waals surface area contributed by atoms with Gasteiger partial charge in [-0.05, 0) is 31.4 Å². The average molecular weight is 244 g/mol. The first-order chi connectivity index (χ1) is 8.52. The van der Waals surface area contributed by atoms with Gasteiger partial charge in [0.2, 0.25) is 0 Å². The van der Waals surface area contributed by atoms with Crippen molar-refractivity contribution in [3.8, 4) is 5.69 Å². The maximum atomic E-state index is 5.89. The summed E-state index contributed by atoms with van der Waals surface area (Å²) in [6.45, 7) is 8.29. The molecule has 1 unspecified atom stereocenters. The Morgan fingerprint density at radius 2 is 1.83 bits per heavy atom. The zero-order valence-electron chi connectivity index (χ0n) is 11.4. The summed E-state index contributed by atoms with van der Waals surface area (Å²) >= 11 is 0. The summed E-state index contributed by atoms with van der Waals surface area (Å²) in [5, 5.41) is 8.42. The lowest BCUT2D eigenvalue weighted by molar-refractivity contribution is 0.746. The fourth-order valence-corrected chi connectivity index (χ4v) is 2.16. The van der Waals surface area contributed by atoms with E-state index in [9.17, 15) is 0 Å². The lowest BCUT2D eigenvalue weighted by atomic mass is 10.0. The minimum Gasteiger partial charge on any atom is -0.323 e. The molecule has 1 aromatic heterocycles. The summed E-state index contributed by atoms with van der Waals surface area (Å²) in [6, 6.07) is 8.19. The van der Waals surface area contributed by atoms with Gasteiger partial charge in [-0.3, -0.25) is 0 Å². The van der Waals surface area contributed by atoms with Crippen LogP contribution in [-0.2, 0) is 0 Å². The Morgan fingerprint density at radius 1 is 1.17 bits per heavy atom. The SMILES string of the molecule is Cc1c(C(C)N)nnn1-c1ccccc1C(C)C. The first kappa shape index (κ1) is 12.8. The van der Waals surface area contributed by atoms with Crippen molar-refractivity contribution in [1.29, 1.82) is 0 Å². The van der Waals surface area contributed by atoms with Gasteiger partial charge in [0.25, 0.3) is 0 Å². The Balaban J connectivity index is 2.56. The quantitative estimate of drug-likeness (QED) is 0.903. The van der Waals surface area contributed by atoms with Crippen LogP contribution in [0.5, 0.6) is 0 Å². The third-order valence-electron chi connectivity index (χ3n) is 3.15. The number of para-hydroxylation sites is 1. The van der Waals surface area contributed by atoms with Gasteiger partial charge < -0.3 is 5.73 Å². The molecule has 4 nitrogen and oxygen atoms in total. The van der Waals surface area contributed by atoms with E-state index in [0.717, 1.165) is 17.1 Å². The van der Waals surface area contributed by atoms with Gasteiger partial charge in [0, 0.05) is 6.04 Å². The molecule has 2 rings (SSSR count). The maximum Gasteiger partial charge on any atom is 0.102 e. The number of hydrogen-bond acceptors (Lipinski definition) is 3. The van der Waals surface area contributed by atoms with Crippen LogP contribution in [0, 0.1) is 6.92 Å². The highest BCUT2D eigenvalue weighted by Gasteiger charge is 2.16. The third-order valence-corrected chi connectivity index (χ3v) is 3.15. The number of nitrogens with two attached hydrogens (primary N) is 1. The normalized spacial score (nSPS) is 13.0. The summed E-state index contributed by atoms with van der Waals surface area (Å²) in [5.74, 6) is 0.448. The topological polar surface area (TPSA) is 56.7 Å². The average Bonchev–Trinajstić information content (AvgIpc) is 2.71. The minimum absolute atomic E-state index is 0.0926. The molecular weight excluding hydrogens is 224 g/mol. The van der Waals surface area contributed by atoms with Crippen molar-refractivity contribution in [3.63, 3.8) is 0 Å². The fraction of sp³-hybridized carbons (Fsp3) is 0.429. The van der Waals surface area contributed by atoms with E-state index >= 15 is 0 Å². The van der Waals surface area contributed by atoms with Crippen LogP contribution >= 0.6 is 0 Å². The van der Waals surface area contributed by atoms with Crippen molar-refractivity contribution in [2.45, 2.75) is 39.7 Å². The van der Waals surface area contributed by atoms with Gasteiger partial charge >= 0.3 is 0 Å².